The van der Waals surface area contributed by atoms with Crippen molar-refractivity contribution in [3.8, 4) is 5.75 Å². The average molecular weight is 465 g/mol. The summed E-state index contributed by atoms with van der Waals surface area (Å²) in [5, 5.41) is 3.88. The number of para-hydroxylation sites is 1. The molecule has 1 N–H and O–H groups in total. The van der Waals surface area contributed by atoms with Crippen LogP contribution in [0.1, 0.15) is 45.6 Å². The van der Waals surface area contributed by atoms with E-state index >= 15 is 0 Å². The molecule has 0 aromatic heterocycles. The molecule has 7 heteroatoms. The Balaban J connectivity index is 2.08. The number of amides is 2. The molecule has 31 heavy (non-hydrogen) atoms. The van der Waals surface area contributed by atoms with E-state index in [9.17, 15) is 9.59 Å². The van der Waals surface area contributed by atoms with Crippen molar-refractivity contribution in [2.45, 2.75) is 58.7 Å². The molecule has 168 valence electrons. The second kappa shape index (κ2) is 12.6. The van der Waals surface area contributed by atoms with Gasteiger partial charge in [0.25, 0.3) is 0 Å². The van der Waals surface area contributed by atoms with Crippen molar-refractivity contribution in [1.82, 2.24) is 10.2 Å². The minimum Gasteiger partial charge on any atom is -0.494 e. The molecule has 0 saturated carbocycles. The lowest BCUT2D eigenvalue weighted by atomic mass is 10.1. The van der Waals surface area contributed by atoms with Gasteiger partial charge in [0.15, 0.2) is 0 Å². The summed E-state index contributed by atoms with van der Waals surface area (Å²) in [5.74, 6) is 0.404. The zero-order chi connectivity index (χ0) is 22.8. The Hall–Kier alpha value is -2.24. The summed E-state index contributed by atoms with van der Waals surface area (Å²) >= 11 is 12.6. The summed E-state index contributed by atoms with van der Waals surface area (Å²) in [7, 11) is 0. The highest BCUT2D eigenvalue weighted by Gasteiger charge is 2.27. The highest BCUT2D eigenvalue weighted by molar-refractivity contribution is 6.36. The first-order valence-corrected chi connectivity index (χ1v) is 11.3. The second-order valence-electron chi connectivity index (χ2n) is 7.48. The van der Waals surface area contributed by atoms with E-state index in [2.05, 4.69) is 5.32 Å². The van der Waals surface area contributed by atoms with Crippen molar-refractivity contribution in [2.75, 3.05) is 6.61 Å². The molecule has 0 unspecified atom stereocenters. The maximum atomic E-state index is 13.1. The molecule has 2 amide bonds. The fourth-order valence-corrected chi connectivity index (χ4v) is 3.49. The van der Waals surface area contributed by atoms with Crippen LogP contribution in [0.15, 0.2) is 48.5 Å². The van der Waals surface area contributed by atoms with Crippen molar-refractivity contribution in [2.24, 2.45) is 0 Å². The summed E-state index contributed by atoms with van der Waals surface area (Å²) in [6.45, 7) is 6.22. The SMILES string of the molecule is CC[C@H](C)NC(=O)[C@H](C)N(Cc1c(Cl)cccc1Cl)C(=O)CCCOc1ccccc1. The Kier molecular flexibility index (Phi) is 10.2. The molecule has 0 spiro atoms. The van der Waals surface area contributed by atoms with Crippen molar-refractivity contribution in [1.29, 1.82) is 0 Å². The molecule has 0 aliphatic carbocycles. The van der Waals surface area contributed by atoms with E-state index in [4.69, 9.17) is 27.9 Å². The topological polar surface area (TPSA) is 58.6 Å². The third-order valence-electron chi connectivity index (χ3n) is 5.11. The van der Waals surface area contributed by atoms with Gasteiger partial charge in [-0.3, -0.25) is 9.59 Å². The zero-order valence-corrected chi connectivity index (χ0v) is 19.7. The summed E-state index contributed by atoms with van der Waals surface area (Å²) < 4.78 is 5.68. The fraction of sp³-hybridized carbons (Fsp3) is 0.417. The van der Waals surface area contributed by atoms with Crippen LogP contribution in [0.25, 0.3) is 0 Å². The van der Waals surface area contributed by atoms with E-state index in [1.165, 1.54) is 4.90 Å². The van der Waals surface area contributed by atoms with Crippen LogP contribution >= 0.6 is 23.2 Å². The van der Waals surface area contributed by atoms with E-state index in [0.29, 0.717) is 28.6 Å². The minimum absolute atomic E-state index is 0.0232. The molecular weight excluding hydrogens is 435 g/mol. The third-order valence-corrected chi connectivity index (χ3v) is 5.81. The first kappa shape index (κ1) is 25.0. The van der Waals surface area contributed by atoms with E-state index in [-0.39, 0.29) is 30.8 Å². The largest absolute Gasteiger partial charge is 0.494 e. The van der Waals surface area contributed by atoms with Gasteiger partial charge in [0.1, 0.15) is 11.8 Å². The number of rotatable bonds is 11. The molecule has 0 radical (unpaired) electrons. The van der Waals surface area contributed by atoms with E-state index in [1.807, 2.05) is 44.2 Å². The Morgan fingerprint density at radius 1 is 1.03 bits per heavy atom. The minimum atomic E-state index is -0.663. The number of benzene rings is 2. The van der Waals surface area contributed by atoms with Gasteiger partial charge >= 0.3 is 0 Å². The zero-order valence-electron chi connectivity index (χ0n) is 18.2. The smallest absolute Gasteiger partial charge is 0.242 e. The van der Waals surface area contributed by atoms with Crippen LogP contribution in [-0.2, 0) is 16.1 Å². The first-order valence-electron chi connectivity index (χ1n) is 10.5. The van der Waals surface area contributed by atoms with Crippen molar-refractivity contribution in [3.63, 3.8) is 0 Å². The highest BCUT2D eigenvalue weighted by Crippen LogP contribution is 2.27. The van der Waals surface area contributed by atoms with Gasteiger partial charge in [0, 0.05) is 34.6 Å². The van der Waals surface area contributed by atoms with Crippen LogP contribution in [0, 0.1) is 0 Å². The molecule has 0 fully saturated rings. The van der Waals surface area contributed by atoms with E-state index in [1.54, 1.807) is 25.1 Å². The lowest BCUT2D eigenvalue weighted by molar-refractivity contribution is -0.141. The Labute approximate surface area is 194 Å². The number of hydrogen-bond acceptors (Lipinski definition) is 3. The molecule has 0 aliphatic rings. The van der Waals surface area contributed by atoms with Crippen molar-refractivity contribution >= 4 is 35.0 Å². The van der Waals surface area contributed by atoms with Crippen molar-refractivity contribution in [3.05, 3.63) is 64.1 Å². The Morgan fingerprint density at radius 2 is 1.68 bits per heavy atom. The van der Waals surface area contributed by atoms with Crippen molar-refractivity contribution < 1.29 is 14.3 Å². The van der Waals surface area contributed by atoms with E-state index < -0.39 is 6.04 Å². The van der Waals surface area contributed by atoms with Crippen LogP contribution < -0.4 is 10.1 Å². The molecule has 0 saturated heterocycles. The average Bonchev–Trinajstić information content (AvgIpc) is 2.76. The number of nitrogens with zero attached hydrogens (tertiary/aromatic N) is 1. The van der Waals surface area contributed by atoms with Crippen LogP contribution in [0.4, 0.5) is 0 Å². The maximum Gasteiger partial charge on any atom is 0.242 e. The molecule has 0 heterocycles. The molecule has 2 atom stereocenters. The number of carbonyl (C=O) groups excluding carboxylic acids is 2. The number of halogens is 2. The second-order valence-corrected chi connectivity index (χ2v) is 8.30. The van der Waals surface area contributed by atoms with Gasteiger partial charge in [-0.05, 0) is 51.0 Å². The van der Waals surface area contributed by atoms with Crippen LogP contribution in [0.2, 0.25) is 10.0 Å². The summed E-state index contributed by atoms with van der Waals surface area (Å²) in [6.07, 6.45) is 1.58. The van der Waals surface area contributed by atoms with Gasteiger partial charge in [-0.1, -0.05) is 54.4 Å². The highest BCUT2D eigenvalue weighted by atomic mass is 35.5. The molecular formula is C24H30Cl2N2O3. The lowest BCUT2D eigenvalue weighted by Crippen LogP contribution is -2.49. The van der Waals surface area contributed by atoms with Gasteiger partial charge in [0.2, 0.25) is 11.8 Å². The molecule has 5 nitrogen and oxygen atoms in total. The molecule has 0 aliphatic heterocycles. The summed E-state index contributed by atoms with van der Waals surface area (Å²) in [4.78, 5) is 27.4. The first-order chi connectivity index (χ1) is 14.8. The van der Waals surface area contributed by atoms with Gasteiger partial charge in [-0.2, -0.15) is 0 Å². The predicted octanol–water partition coefficient (Wildman–Crippen LogP) is 5.48. The lowest BCUT2D eigenvalue weighted by Gasteiger charge is -2.30. The standard InChI is InChI=1S/C24H30Cl2N2O3/c1-4-17(2)27-24(30)18(3)28(16-20-21(25)12-8-13-22(20)26)23(29)14-9-15-31-19-10-6-5-7-11-19/h5-8,10-13,17-18H,4,9,14-16H2,1-3H3,(H,27,30)/t17-,18-/m0/s1. The van der Waals surface area contributed by atoms with Crippen LogP contribution in [0.3, 0.4) is 0 Å². The summed E-state index contributed by atoms with van der Waals surface area (Å²) in [5.41, 5.74) is 0.628. The van der Waals surface area contributed by atoms with E-state index in [0.717, 1.165) is 12.2 Å². The number of hydrogen-bond donors (Lipinski definition) is 1. The maximum absolute atomic E-state index is 13.1. The van der Waals surface area contributed by atoms with Crippen LogP contribution in [0.5, 0.6) is 5.75 Å². The molecule has 2 aromatic rings. The van der Waals surface area contributed by atoms with Gasteiger partial charge in [0.05, 0.1) is 6.61 Å². The predicted molar refractivity (Wildman–Crippen MR) is 126 cm³/mol. The fourth-order valence-electron chi connectivity index (χ4n) is 2.98. The normalized spacial score (nSPS) is 12.7. The number of ether oxygens (including phenoxy) is 1. The number of nitrogens with one attached hydrogen (secondary N) is 1. The van der Waals surface area contributed by atoms with Gasteiger partial charge in [-0.25, -0.2) is 0 Å². The van der Waals surface area contributed by atoms with Crippen LogP contribution in [-0.4, -0.2) is 35.4 Å². The van der Waals surface area contributed by atoms with Gasteiger partial charge < -0.3 is 15.0 Å². The molecule has 2 rings (SSSR count). The molecule has 0 bridgehead atoms. The summed E-state index contributed by atoms with van der Waals surface area (Å²) in [6, 6.07) is 14.0. The molecule has 2 aromatic carbocycles. The quantitative estimate of drug-likeness (QED) is 0.447. The number of carbonyl (C=O) groups is 2. The Morgan fingerprint density at radius 3 is 2.29 bits per heavy atom. The van der Waals surface area contributed by atoms with Gasteiger partial charge in [-0.15, -0.1) is 0 Å². The Bertz CT molecular complexity index is 841. The monoisotopic (exact) mass is 464 g/mol. The third kappa shape index (κ3) is 7.75.